The quantitative estimate of drug-likeness (QED) is 0.671. The number of nitrogens with two attached hydrogens (primary N) is 1. The minimum absolute atomic E-state index is 0. The van der Waals surface area contributed by atoms with Crippen LogP contribution in [0.15, 0.2) is 54.6 Å². The summed E-state index contributed by atoms with van der Waals surface area (Å²) >= 11 is 0. The van der Waals surface area contributed by atoms with Gasteiger partial charge < -0.3 is 21.3 Å². The first-order valence-electron chi connectivity index (χ1n) is 9.77. The minimum Gasteiger partial charge on any atom is -0.352 e. The molecule has 6 nitrogen and oxygen atoms in total. The number of carbonyl (C=O) groups is 2. The molecular weight excluding hydrogens is 388 g/mol. The van der Waals surface area contributed by atoms with Crippen LogP contribution in [0.25, 0.3) is 0 Å². The van der Waals surface area contributed by atoms with Crippen LogP contribution in [0.2, 0.25) is 0 Å². The van der Waals surface area contributed by atoms with E-state index in [2.05, 4.69) is 10.6 Å². The normalized spacial score (nSPS) is 15.2. The standard InChI is InChI=1S/C22H28N4O2.ClH/c1-16(20(23)18-9-3-2-4-10-18)21(27)24-15-17-8-7-11-19(14-17)25-22(28)26-12-5-6-13-26;/h2-4,7-11,14,16,20H,5-6,12-13,15,23H2,1H3,(H,24,27)(H,25,28);1H. The van der Waals surface area contributed by atoms with E-state index in [1.54, 1.807) is 0 Å². The smallest absolute Gasteiger partial charge is 0.321 e. The molecule has 1 aliphatic rings. The number of carbonyl (C=O) groups excluding carboxylic acids is 2. The number of rotatable bonds is 6. The molecule has 2 atom stereocenters. The van der Waals surface area contributed by atoms with E-state index in [1.165, 1.54) is 0 Å². The Labute approximate surface area is 178 Å². The fourth-order valence-electron chi connectivity index (χ4n) is 3.36. The molecule has 0 aromatic heterocycles. The Morgan fingerprint density at radius 1 is 1.07 bits per heavy atom. The zero-order chi connectivity index (χ0) is 19.9. The second kappa shape index (κ2) is 10.8. The number of benzene rings is 2. The summed E-state index contributed by atoms with van der Waals surface area (Å²) in [5, 5.41) is 5.87. The highest BCUT2D eigenvalue weighted by Gasteiger charge is 2.22. The second-order valence-electron chi connectivity index (χ2n) is 7.27. The highest BCUT2D eigenvalue weighted by atomic mass is 35.5. The van der Waals surface area contributed by atoms with Crippen molar-refractivity contribution >= 4 is 30.0 Å². The molecule has 0 aliphatic carbocycles. The Balaban J connectivity index is 0.00000300. The molecule has 1 fully saturated rings. The highest BCUT2D eigenvalue weighted by molar-refractivity contribution is 5.89. The average Bonchev–Trinajstić information content (AvgIpc) is 3.27. The summed E-state index contributed by atoms with van der Waals surface area (Å²) in [7, 11) is 0. The van der Waals surface area contributed by atoms with Crippen LogP contribution in [0.4, 0.5) is 10.5 Å². The van der Waals surface area contributed by atoms with Gasteiger partial charge in [0.2, 0.25) is 5.91 Å². The fourth-order valence-corrected chi connectivity index (χ4v) is 3.36. The van der Waals surface area contributed by atoms with E-state index in [9.17, 15) is 9.59 Å². The van der Waals surface area contributed by atoms with Crippen molar-refractivity contribution in [2.75, 3.05) is 18.4 Å². The van der Waals surface area contributed by atoms with Crippen LogP contribution >= 0.6 is 12.4 Å². The largest absolute Gasteiger partial charge is 0.352 e. The molecule has 1 heterocycles. The predicted molar refractivity (Wildman–Crippen MR) is 118 cm³/mol. The van der Waals surface area contributed by atoms with Crippen LogP contribution in [0.5, 0.6) is 0 Å². The maximum absolute atomic E-state index is 12.5. The van der Waals surface area contributed by atoms with Crippen molar-refractivity contribution in [3.63, 3.8) is 0 Å². The molecule has 7 heteroatoms. The molecule has 2 aromatic rings. The van der Waals surface area contributed by atoms with Gasteiger partial charge in [0.25, 0.3) is 0 Å². The molecule has 0 radical (unpaired) electrons. The van der Waals surface area contributed by atoms with Crippen LogP contribution in [0, 0.1) is 5.92 Å². The van der Waals surface area contributed by atoms with Gasteiger partial charge in [0.15, 0.2) is 0 Å². The molecule has 156 valence electrons. The number of halogens is 1. The molecule has 3 rings (SSSR count). The number of hydrogen-bond donors (Lipinski definition) is 3. The zero-order valence-electron chi connectivity index (χ0n) is 16.6. The monoisotopic (exact) mass is 416 g/mol. The van der Waals surface area contributed by atoms with E-state index >= 15 is 0 Å². The van der Waals surface area contributed by atoms with E-state index < -0.39 is 0 Å². The summed E-state index contributed by atoms with van der Waals surface area (Å²) in [6, 6.07) is 16.7. The van der Waals surface area contributed by atoms with E-state index in [-0.39, 0.29) is 36.3 Å². The van der Waals surface area contributed by atoms with Crippen molar-refractivity contribution in [3.8, 4) is 0 Å². The number of urea groups is 1. The molecule has 0 saturated carbocycles. The molecule has 0 bridgehead atoms. The van der Waals surface area contributed by atoms with E-state index in [4.69, 9.17) is 5.73 Å². The van der Waals surface area contributed by atoms with Gasteiger partial charge in [-0.15, -0.1) is 12.4 Å². The molecule has 29 heavy (non-hydrogen) atoms. The number of nitrogens with one attached hydrogen (secondary N) is 2. The molecule has 0 spiro atoms. The lowest BCUT2D eigenvalue weighted by molar-refractivity contribution is -0.125. The van der Waals surface area contributed by atoms with Gasteiger partial charge in [-0.2, -0.15) is 0 Å². The Morgan fingerprint density at radius 3 is 2.45 bits per heavy atom. The summed E-state index contributed by atoms with van der Waals surface area (Å²) in [6.45, 7) is 3.83. The maximum atomic E-state index is 12.5. The highest BCUT2D eigenvalue weighted by Crippen LogP contribution is 2.19. The Morgan fingerprint density at radius 2 is 1.76 bits per heavy atom. The zero-order valence-corrected chi connectivity index (χ0v) is 17.5. The lowest BCUT2D eigenvalue weighted by atomic mass is 9.94. The van der Waals surface area contributed by atoms with E-state index in [0.29, 0.717) is 6.54 Å². The van der Waals surface area contributed by atoms with Crippen molar-refractivity contribution in [1.82, 2.24) is 10.2 Å². The number of hydrogen-bond acceptors (Lipinski definition) is 3. The topological polar surface area (TPSA) is 87.5 Å². The maximum Gasteiger partial charge on any atom is 0.321 e. The summed E-state index contributed by atoms with van der Waals surface area (Å²) < 4.78 is 0. The van der Waals surface area contributed by atoms with Crippen molar-refractivity contribution in [2.24, 2.45) is 11.7 Å². The van der Waals surface area contributed by atoms with Gasteiger partial charge >= 0.3 is 6.03 Å². The van der Waals surface area contributed by atoms with Gasteiger partial charge in [0, 0.05) is 31.4 Å². The van der Waals surface area contributed by atoms with Gasteiger partial charge in [0.05, 0.1) is 5.92 Å². The molecule has 1 aliphatic heterocycles. The fraction of sp³-hybridized carbons (Fsp3) is 0.364. The van der Waals surface area contributed by atoms with Crippen molar-refractivity contribution in [3.05, 3.63) is 65.7 Å². The van der Waals surface area contributed by atoms with Crippen molar-refractivity contribution in [2.45, 2.75) is 32.4 Å². The number of nitrogens with zero attached hydrogens (tertiary/aromatic N) is 1. The summed E-state index contributed by atoms with van der Waals surface area (Å²) in [5.74, 6) is -0.441. The first-order chi connectivity index (χ1) is 13.5. The van der Waals surface area contributed by atoms with Gasteiger partial charge in [-0.05, 0) is 36.1 Å². The molecular formula is C22H29ClN4O2. The third kappa shape index (κ3) is 6.21. The molecule has 1 saturated heterocycles. The second-order valence-corrected chi connectivity index (χ2v) is 7.27. The third-order valence-electron chi connectivity index (χ3n) is 5.17. The summed E-state index contributed by atoms with van der Waals surface area (Å²) in [5.41, 5.74) is 8.83. The van der Waals surface area contributed by atoms with E-state index in [0.717, 1.165) is 42.7 Å². The SMILES string of the molecule is CC(C(=O)NCc1cccc(NC(=O)N2CCCC2)c1)C(N)c1ccccc1.Cl. The van der Waals surface area contributed by atoms with Gasteiger partial charge in [-0.1, -0.05) is 49.4 Å². The molecule has 2 aromatic carbocycles. The molecule has 3 amide bonds. The van der Waals surface area contributed by atoms with Crippen molar-refractivity contribution < 1.29 is 9.59 Å². The first kappa shape index (κ1) is 22.7. The summed E-state index contributed by atoms with van der Waals surface area (Å²) in [4.78, 5) is 26.5. The van der Waals surface area contributed by atoms with E-state index in [1.807, 2.05) is 66.4 Å². The Kier molecular flexibility index (Phi) is 8.49. The van der Waals surface area contributed by atoms with Crippen molar-refractivity contribution in [1.29, 1.82) is 0 Å². The lowest BCUT2D eigenvalue weighted by Crippen LogP contribution is -2.35. The first-order valence-corrected chi connectivity index (χ1v) is 9.77. The third-order valence-corrected chi connectivity index (χ3v) is 5.17. The number of anilines is 1. The minimum atomic E-state index is -0.354. The lowest BCUT2D eigenvalue weighted by Gasteiger charge is -2.20. The predicted octanol–water partition coefficient (Wildman–Crippen LogP) is 3.69. The molecule has 4 N–H and O–H groups in total. The van der Waals surface area contributed by atoms with Gasteiger partial charge in [0.1, 0.15) is 0 Å². The Hall–Kier alpha value is -2.57. The molecule has 2 unspecified atom stereocenters. The van der Waals surface area contributed by atoms with Gasteiger partial charge in [-0.3, -0.25) is 4.79 Å². The Bertz CT molecular complexity index is 809. The van der Waals surface area contributed by atoms with Crippen LogP contribution in [-0.4, -0.2) is 29.9 Å². The van der Waals surface area contributed by atoms with Gasteiger partial charge in [-0.25, -0.2) is 4.79 Å². The van der Waals surface area contributed by atoms with Crippen LogP contribution in [0.1, 0.15) is 36.9 Å². The number of likely N-dealkylation sites (tertiary alicyclic amines) is 1. The average molecular weight is 417 g/mol. The van der Waals surface area contributed by atoms with Crippen LogP contribution in [-0.2, 0) is 11.3 Å². The van der Waals surface area contributed by atoms with Crippen LogP contribution < -0.4 is 16.4 Å². The van der Waals surface area contributed by atoms with Crippen LogP contribution in [0.3, 0.4) is 0 Å². The number of amides is 3. The summed E-state index contributed by atoms with van der Waals surface area (Å²) in [6.07, 6.45) is 2.12.